The number of nitrogens with two attached hydrogens (primary N) is 1. The van der Waals surface area contributed by atoms with Crippen molar-refractivity contribution in [3.8, 4) is 0 Å². The van der Waals surface area contributed by atoms with E-state index in [0.29, 0.717) is 32.2 Å². The number of hydrogen-bond acceptors (Lipinski definition) is 4. The predicted molar refractivity (Wildman–Crippen MR) is 116 cm³/mol. The summed E-state index contributed by atoms with van der Waals surface area (Å²) in [5.74, 6) is -3.99. The van der Waals surface area contributed by atoms with Crippen LogP contribution in [0.25, 0.3) is 0 Å². The second-order valence-corrected chi connectivity index (χ2v) is 8.24. The highest BCUT2D eigenvalue weighted by Gasteiger charge is 2.34. The Morgan fingerprint density at radius 1 is 1.12 bits per heavy atom. The van der Waals surface area contributed by atoms with E-state index in [1.807, 2.05) is 30.3 Å². The maximum Gasteiger partial charge on any atom is 0.247 e. The summed E-state index contributed by atoms with van der Waals surface area (Å²) >= 11 is 0. The SMILES string of the molecule is CN1CCCN(C(=O)C[C@H](N)Cc2cc(F)c(F)cc2F)C(COCc2ccccc2)C1=O. The molecule has 2 aromatic rings. The van der Waals surface area contributed by atoms with Crippen molar-refractivity contribution in [1.82, 2.24) is 9.80 Å². The Balaban J connectivity index is 1.65. The molecule has 0 aromatic heterocycles. The smallest absolute Gasteiger partial charge is 0.247 e. The number of amides is 2. The zero-order valence-corrected chi connectivity index (χ0v) is 18.5. The van der Waals surface area contributed by atoms with E-state index in [-0.39, 0.29) is 36.8 Å². The summed E-state index contributed by atoms with van der Waals surface area (Å²) < 4.78 is 46.3. The summed E-state index contributed by atoms with van der Waals surface area (Å²) in [6.45, 7) is 1.17. The fourth-order valence-corrected chi connectivity index (χ4v) is 3.87. The first kappa shape index (κ1) is 24.7. The van der Waals surface area contributed by atoms with Gasteiger partial charge in [0, 0.05) is 38.7 Å². The number of halogens is 3. The molecule has 6 nitrogen and oxygen atoms in total. The van der Waals surface area contributed by atoms with Crippen LogP contribution in [0.1, 0.15) is 24.0 Å². The van der Waals surface area contributed by atoms with Gasteiger partial charge in [0.1, 0.15) is 11.9 Å². The van der Waals surface area contributed by atoms with E-state index in [0.717, 1.165) is 11.6 Å². The van der Waals surface area contributed by atoms with Gasteiger partial charge in [-0.2, -0.15) is 0 Å². The lowest BCUT2D eigenvalue weighted by Crippen LogP contribution is -2.51. The van der Waals surface area contributed by atoms with Gasteiger partial charge in [-0.15, -0.1) is 0 Å². The fourth-order valence-electron chi connectivity index (χ4n) is 3.87. The van der Waals surface area contributed by atoms with Crippen LogP contribution < -0.4 is 5.73 Å². The van der Waals surface area contributed by atoms with Gasteiger partial charge < -0.3 is 20.3 Å². The number of carbonyl (C=O) groups is 2. The molecular formula is C24H28F3N3O3. The maximum absolute atomic E-state index is 13.9. The van der Waals surface area contributed by atoms with Crippen molar-refractivity contribution in [2.24, 2.45) is 5.73 Å². The van der Waals surface area contributed by atoms with Gasteiger partial charge in [-0.3, -0.25) is 9.59 Å². The molecule has 1 heterocycles. The van der Waals surface area contributed by atoms with E-state index in [9.17, 15) is 22.8 Å². The Hall–Kier alpha value is -2.91. The zero-order valence-electron chi connectivity index (χ0n) is 18.5. The third-order valence-electron chi connectivity index (χ3n) is 5.65. The highest BCUT2D eigenvalue weighted by molar-refractivity contribution is 5.88. The van der Waals surface area contributed by atoms with Crippen LogP contribution in [-0.2, 0) is 27.4 Å². The number of rotatable bonds is 8. The molecule has 0 radical (unpaired) electrons. The zero-order chi connectivity index (χ0) is 24.0. The second-order valence-electron chi connectivity index (χ2n) is 8.24. The Labute approximate surface area is 191 Å². The lowest BCUT2D eigenvalue weighted by atomic mass is 10.0. The van der Waals surface area contributed by atoms with E-state index in [1.54, 1.807) is 11.9 Å². The van der Waals surface area contributed by atoms with E-state index in [2.05, 4.69) is 0 Å². The first-order chi connectivity index (χ1) is 15.8. The number of benzene rings is 2. The molecule has 1 unspecified atom stereocenters. The molecule has 0 saturated carbocycles. The van der Waals surface area contributed by atoms with Crippen molar-refractivity contribution in [2.75, 3.05) is 26.7 Å². The molecule has 9 heteroatoms. The lowest BCUT2D eigenvalue weighted by Gasteiger charge is -2.30. The molecule has 1 saturated heterocycles. The minimum absolute atomic E-state index is 0.0247. The van der Waals surface area contributed by atoms with Crippen molar-refractivity contribution >= 4 is 11.8 Å². The largest absolute Gasteiger partial charge is 0.374 e. The van der Waals surface area contributed by atoms with Crippen LogP contribution in [0.3, 0.4) is 0 Å². The first-order valence-corrected chi connectivity index (χ1v) is 10.8. The molecule has 1 aliphatic heterocycles. The standard InChI is InChI=1S/C24H28F3N3O3/c1-29-8-5-9-30(22(24(29)32)15-33-14-16-6-3-2-4-7-16)23(31)12-18(28)10-17-11-20(26)21(27)13-19(17)25/h2-4,6-7,11,13,18,22H,5,8-10,12,14-15,28H2,1H3/t18-,22?/m1/s1. The molecule has 2 N–H and O–H groups in total. The van der Waals surface area contributed by atoms with Crippen LogP contribution in [0.15, 0.2) is 42.5 Å². The third-order valence-corrected chi connectivity index (χ3v) is 5.65. The van der Waals surface area contributed by atoms with Gasteiger partial charge in [-0.1, -0.05) is 30.3 Å². The van der Waals surface area contributed by atoms with Gasteiger partial charge in [0.05, 0.1) is 13.2 Å². The minimum atomic E-state index is -1.29. The molecule has 0 spiro atoms. The summed E-state index contributed by atoms with van der Waals surface area (Å²) in [6, 6.07) is 9.04. The summed E-state index contributed by atoms with van der Waals surface area (Å²) in [6.07, 6.45) is 0.270. The summed E-state index contributed by atoms with van der Waals surface area (Å²) in [5, 5.41) is 0. The van der Waals surface area contributed by atoms with Gasteiger partial charge in [-0.05, 0) is 30.0 Å². The van der Waals surface area contributed by atoms with Crippen LogP contribution in [0.4, 0.5) is 13.2 Å². The lowest BCUT2D eigenvalue weighted by molar-refractivity contribution is -0.146. The van der Waals surface area contributed by atoms with Crippen LogP contribution in [0, 0.1) is 17.5 Å². The number of carbonyl (C=O) groups excluding carboxylic acids is 2. The Morgan fingerprint density at radius 2 is 1.82 bits per heavy atom. The molecule has 2 aromatic carbocycles. The van der Waals surface area contributed by atoms with Gasteiger partial charge in [0.15, 0.2) is 11.6 Å². The quantitative estimate of drug-likeness (QED) is 0.611. The van der Waals surface area contributed by atoms with Crippen molar-refractivity contribution in [1.29, 1.82) is 0 Å². The molecule has 178 valence electrons. The summed E-state index contributed by atoms with van der Waals surface area (Å²) in [7, 11) is 1.68. The van der Waals surface area contributed by atoms with Crippen LogP contribution >= 0.6 is 0 Å². The molecule has 0 aliphatic carbocycles. The molecule has 1 fully saturated rings. The monoisotopic (exact) mass is 463 g/mol. The first-order valence-electron chi connectivity index (χ1n) is 10.8. The predicted octanol–water partition coefficient (Wildman–Crippen LogP) is 2.64. The van der Waals surface area contributed by atoms with E-state index in [1.165, 1.54) is 4.90 Å². The second kappa shape index (κ2) is 11.3. The van der Waals surface area contributed by atoms with Gasteiger partial charge in [0.25, 0.3) is 0 Å². The maximum atomic E-state index is 13.9. The number of hydrogen-bond donors (Lipinski definition) is 1. The molecule has 2 atom stereocenters. The van der Waals surface area contributed by atoms with Gasteiger partial charge >= 0.3 is 0 Å². The van der Waals surface area contributed by atoms with Crippen molar-refractivity contribution < 1.29 is 27.5 Å². The van der Waals surface area contributed by atoms with Crippen LogP contribution in [0.2, 0.25) is 0 Å². The van der Waals surface area contributed by atoms with Gasteiger partial charge in [0.2, 0.25) is 11.8 Å². The summed E-state index contributed by atoms with van der Waals surface area (Å²) in [4.78, 5) is 29.0. The average Bonchev–Trinajstić information content (AvgIpc) is 2.91. The number of likely N-dealkylation sites (N-methyl/N-ethyl adjacent to an activating group) is 1. The van der Waals surface area contributed by atoms with Crippen LogP contribution in [0.5, 0.6) is 0 Å². The normalized spacial score (nSPS) is 17.7. The molecular weight excluding hydrogens is 435 g/mol. The molecule has 2 amide bonds. The van der Waals surface area contributed by atoms with Crippen molar-refractivity contribution in [3.63, 3.8) is 0 Å². The Kier molecular flexibility index (Phi) is 8.46. The topological polar surface area (TPSA) is 75.9 Å². The number of ether oxygens (including phenoxy) is 1. The van der Waals surface area contributed by atoms with Crippen LogP contribution in [-0.4, -0.2) is 60.4 Å². The number of nitrogens with zero attached hydrogens (tertiary/aromatic N) is 2. The average molecular weight is 464 g/mol. The van der Waals surface area contributed by atoms with Crippen molar-refractivity contribution in [3.05, 3.63) is 71.0 Å². The fraction of sp³-hybridized carbons (Fsp3) is 0.417. The highest BCUT2D eigenvalue weighted by atomic mass is 19.2. The van der Waals surface area contributed by atoms with E-state index >= 15 is 0 Å². The Morgan fingerprint density at radius 3 is 2.55 bits per heavy atom. The Bertz CT molecular complexity index is 974. The third kappa shape index (κ3) is 6.55. The minimum Gasteiger partial charge on any atom is -0.374 e. The highest BCUT2D eigenvalue weighted by Crippen LogP contribution is 2.18. The van der Waals surface area contributed by atoms with E-state index in [4.69, 9.17) is 10.5 Å². The van der Waals surface area contributed by atoms with E-state index < -0.39 is 29.5 Å². The summed E-state index contributed by atoms with van der Waals surface area (Å²) in [5.41, 5.74) is 6.87. The molecule has 3 rings (SSSR count). The van der Waals surface area contributed by atoms with Crippen molar-refractivity contribution in [2.45, 2.75) is 38.0 Å². The molecule has 33 heavy (non-hydrogen) atoms. The molecule has 1 aliphatic rings. The molecule has 0 bridgehead atoms. The van der Waals surface area contributed by atoms with Gasteiger partial charge in [-0.25, -0.2) is 13.2 Å².